The number of aromatic hydroxyl groups is 1. The Morgan fingerprint density at radius 2 is 1.86 bits per heavy atom. The van der Waals surface area contributed by atoms with E-state index in [4.69, 9.17) is 10.5 Å². The number of nitrogen functional groups attached to an aromatic ring is 1. The van der Waals surface area contributed by atoms with Gasteiger partial charge in [-0.3, -0.25) is 4.90 Å². The van der Waals surface area contributed by atoms with Gasteiger partial charge in [-0.15, -0.1) is 0 Å². The predicted molar refractivity (Wildman–Crippen MR) is 81.8 cm³/mol. The summed E-state index contributed by atoms with van der Waals surface area (Å²) in [6.45, 7) is 4.30. The summed E-state index contributed by atoms with van der Waals surface area (Å²) < 4.78 is 5.36. The summed E-state index contributed by atoms with van der Waals surface area (Å²) in [4.78, 5) is 6.73. The van der Waals surface area contributed by atoms with Gasteiger partial charge in [0.2, 0.25) is 0 Å². The Balaban J connectivity index is 1.83. The Morgan fingerprint density at radius 1 is 1.14 bits per heavy atom. The lowest BCUT2D eigenvalue weighted by Gasteiger charge is -2.26. The molecule has 1 saturated heterocycles. The number of phenols is 1. The number of phenolic OH excluding ortho intramolecular Hbond substituents is 1. The first-order valence-electron chi connectivity index (χ1n) is 7.07. The van der Waals surface area contributed by atoms with Gasteiger partial charge in [0.25, 0.3) is 0 Å². The van der Waals surface area contributed by atoms with E-state index in [1.165, 1.54) is 0 Å². The molecule has 0 amide bonds. The van der Waals surface area contributed by atoms with Crippen LogP contribution in [0.2, 0.25) is 0 Å². The van der Waals surface area contributed by atoms with Crippen molar-refractivity contribution in [1.29, 1.82) is 0 Å². The molecular formula is C16H19N3O2. The lowest BCUT2D eigenvalue weighted by molar-refractivity contribution is 0.0342. The van der Waals surface area contributed by atoms with Crippen molar-refractivity contribution < 1.29 is 9.84 Å². The highest BCUT2D eigenvalue weighted by molar-refractivity contribution is 5.62. The predicted octanol–water partition coefficient (Wildman–Crippen LogP) is 1.87. The van der Waals surface area contributed by atoms with Gasteiger partial charge in [0.15, 0.2) is 0 Å². The minimum absolute atomic E-state index is 0.246. The van der Waals surface area contributed by atoms with Gasteiger partial charge in [-0.25, -0.2) is 4.98 Å². The molecule has 1 aromatic heterocycles. The van der Waals surface area contributed by atoms with Crippen LogP contribution in [0.15, 0.2) is 36.4 Å². The van der Waals surface area contributed by atoms with Gasteiger partial charge in [-0.1, -0.05) is 0 Å². The maximum Gasteiger partial charge on any atom is 0.124 e. The second kappa shape index (κ2) is 6.11. The smallest absolute Gasteiger partial charge is 0.124 e. The molecule has 2 heterocycles. The molecule has 0 aliphatic carbocycles. The van der Waals surface area contributed by atoms with E-state index < -0.39 is 0 Å². The minimum atomic E-state index is 0.246. The molecule has 0 saturated carbocycles. The average Bonchev–Trinajstić information content (AvgIpc) is 2.48. The molecule has 0 bridgehead atoms. The van der Waals surface area contributed by atoms with E-state index in [-0.39, 0.29) is 5.75 Å². The van der Waals surface area contributed by atoms with Crippen molar-refractivity contribution >= 4 is 5.82 Å². The summed E-state index contributed by atoms with van der Waals surface area (Å²) in [5.74, 6) is 0.764. The van der Waals surface area contributed by atoms with Crippen LogP contribution in [0, 0.1) is 0 Å². The molecule has 0 atom stereocenters. The Bertz CT molecular complexity index is 607. The number of aromatic nitrogens is 1. The second-order valence-electron chi connectivity index (χ2n) is 5.22. The first-order chi connectivity index (χ1) is 10.2. The van der Waals surface area contributed by atoms with Crippen LogP contribution < -0.4 is 5.73 Å². The van der Waals surface area contributed by atoms with E-state index >= 15 is 0 Å². The number of hydrogen-bond acceptors (Lipinski definition) is 5. The quantitative estimate of drug-likeness (QED) is 0.900. The fourth-order valence-corrected chi connectivity index (χ4v) is 2.50. The van der Waals surface area contributed by atoms with Crippen molar-refractivity contribution in [2.75, 3.05) is 32.0 Å². The van der Waals surface area contributed by atoms with E-state index in [9.17, 15) is 5.11 Å². The Morgan fingerprint density at radius 3 is 2.57 bits per heavy atom. The highest BCUT2D eigenvalue weighted by atomic mass is 16.5. The normalized spacial score (nSPS) is 16.0. The molecule has 5 heteroatoms. The van der Waals surface area contributed by atoms with Crippen LogP contribution >= 0.6 is 0 Å². The van der Waals surface area contributed by atoms with Gasteiger partial charge in [-0.05, 0) is 42.0 Å². The van der Waals surface area contributed by atoms with Crippen molar-refractivity contribution in [3.63, 3.8) is 0 Å². The maximum atomic E-state index is 9.37. The number of morpholine rings is 1. The zero-order valence-electron chi connectivity index (χ0n) is 11.8. The third-order valence-corrected chi connectivity index (χ3v) is 3.58. The first kappa shape index (κ1) is 13.9. The largest absolute Gasteiger partial charge is 0.508 e. The molecule has 110 valence electrons. The van der Waals surface area contributed by atoms with Crippen LogP contribution in [-0.2, 0) is 11.3 Å². The van der Waals surface area contributed by atoms with E-state index in [0.717, 1.165) is 49.7 Å². The van der Waals surface area contributed by atoms with Crippen molar-refractivity contribution in [2.45, 2.75) is 6.54 Å². The van der Waals surface area contributed by atoms with Gasteiger partial charge in [0.1, 0.15) is 11.6 Å². The second-order valence-corrected chi connectivity index (χ2v) is 5.22. The Hall–Kier alpha value is -2.11. The summed E-state index contributed by atoms with van der Waals surface area (Å²) in [6, 6.07) is 11.0. The SMILES string of the molecule is Nc1cc(CN2CCOCC2)cc(-c2ccc(O)cc2)n1. The summed E-state index contributed by atoms with van der Waals surface area (Å²) in [7, 11) is 0. The topological polar surface area (TPSA) is 71.6 Å². The molecule has 0 spiro atoms. The monoisotopic (exact) mass is 285 g/mol. The summed E-state index contributed by atoms with van der Waals surface area (Å²) in [5.41, 5.74) is 8.85. The van der Waals surface area contributed by atoms with Crippen molar-refractivity contribution in [1.82, 2.24) is 9.88 Å². The van der Waals surface area contributed by atoms with Crippen LogP contribution in [0.3, 0.4) is 0 Å². The lowest BCUT2D eigenvalue weighted by Crippen LogP contribution is -2.35. The third kappa shape index (κ3) is 3.51. The molecule has 3 N–H and O–H groups in total. The van der Waals surface area contributed by atoms with Crippen molar-refractivity contribution in [3.05, 3.63) is 42.0 Å². The van der Waals surface area contributed by atoms with Gasteiger partial charge in [0, 0.05) is 25.2 Å². The Labute approximate surface area is 124 Å². The van der Waals surface area contributed by atoms with Crippen LogP contribution in [0.5, 0.6) is 5.75 Å². The number of anilines is 1. The molecule has 3 rings (SSSR count). The number of benzene rings is 1. The van der Waals surface area contributed by atoms with Crippen LogP contribution in [-0.4, -0.2) is 41.3 Å². The first-order valence-corrected chi connectivity index (χ1v) is 7.07. The fourth-order valence-electron chi connectivity index (χ4n) is 2.50. The molecule has 1 aliphatic rings. The van der Waals surface area contributed by atoms with Gasteiger partial charge < -0.3 is 15.6 Å². The lowest BCUT2D eigenvalue weighted by atomic mass is 10.1. The standard InChI is InChI=1S/C16H19N3O2/c17-16-10-12(11-19-5-7-21-8-6-19)9-15(18-16)13-1-3-14(20)4-2-13/h1-4,9-10,20H,5-8,11H2,(H2,17,18). The van der Waals surface area contributed by atoms with E-state index in [1.54, 1.807) is 12.1 Å². The maximum absolute atomic E-state index is 9.37. The average molecular weight is 285 g/mol. The molecular weight excluding hydrogens is 266 g/mol. The molecule has 2 aromatic rings. The highest BCUT2D eigenvalue weighted by Crippen LogP contribution is 2.23. The minimum Gasteiger partial charge on any atom is -0.508 e. The number of rotatable bonds is 3. The van der Waals surface area contributed by atoms with Crippen molar-refractivity contribution in [2.24, 2.45) is 0 Å². The summed E-state index contributed by atoms with van der Waals surface area (Å²) in [6.07, 6.45) is 0. The molecule has 1 aliphatic heterocycles. The molecule has 1 aromatic carbocycles. The van der Waals surface area contributed by atoms with Crippen LogP contribution in [0.4, 0.5) is 5.82 Å². The zero-order valence-corrected chi connectivity index (χ0v) is 11.8. The highest BCUT2D eigenvalue weighted by Gasteiger charge is 2.12. The van der Waals surface area contributed by atoms with Crippen molar-refractivity contribution in [3.8, 4) is 17.0 Å². The number of nitrogens with zero attached hydrogens (tertiary/aromatic N) is 2. The van der Waals surface area contributed by atoms with E-state index in [2.05, 4.69) is 16.0 Å². The number of pyridine rings is 1. The van der Waals surface area contributed by atoms with Gasteiger partial charge >= 0.3 is 0 Å². The molecule has 21 heavy (non-hydrogen) atoms. The number of nitrogens with two attached hydrogens (primary N) is 1. The van der Waals surface area contributed by atoms with Crippen LogP contribution in [0.25, 0.3) is 11.3 Å². The zero-order chi connectivity index (χ0) is 14.7. The van der Waals surface area contributed by atoms with Gasteiger partial charge in [0.05, 0.1) is 18.9 Å². The fraction of sp³-hybridized carbons (Fsp3) is 0.312. The number of ether oxygens (including phenoxy) is 1. The molecule has 1 fully saturated rings. The number of hydrogen-bond donors (Lipinski definition) is 2. The summed E-state index contributed by atoms with van der Waals surface area (Å²) in [5, 5.41) is 9.37. The Kier molecular flexibility index (Phi) is 4.03. The molecule has 0 radical (unpaired) electrons. The van der Waals surface area contributed by atoms with Gasteiger partial charge in [-0.2, -0.15) is 0 Å². The third-order valence-electron chi connectivity index (χ3n) is 3.58. The molecule has 0 unspecified atom stereocenters. The molecule has 5 nitrogen and oxygen atoms in total. The summed E-state index contributed by atoms with van der Waals surface area (Å²) >= 11 is 0. The van der Waals surface area contributed by atoms with Crippen LogP contribution in [0.1, 0.15) is 5.56 Å². The van der Waals surface area contributed by atoms with E-state index in [1.807, 2.05) is 18.2 Å². The van der Waals surface area contributed by atoms with E-state index in [0.29, 0.717) is 5.82 Å².